The van der Waals surface area contributed by atoms with Crippen molar-refractivity contribution in [1.29, 1.82) is 0 Å². The lowest BCUT2D eigenvalue weighted by molar-refractivity contribution is 0.669. The number of thiophene rings is 1. The van der Waals surface area contributed by atoms with Crippen LogP contribution >= 0.6 is 11.3 Å². The third-order valence-corrected chi connectivity index (χ3v) is 20.6. The lowest BCUT2D eigenvalue weighted by Gasteiger charge is -2.11. The topological polar surface area (TPSA) is 142 Å². The van der Waals surface area contributed by atoms with Gasteiger partial charge in [-0.1, -0.05) is 309 Å². The summed E-state index contributed by atoms with van der Waals surface area (Å²) in [7, 11) is 0. The Labute approximate surface area is 638 Å². The van der Waals surface area contributed by atoms with Crippen molar-refractivity contribution in [2.75, 3.05) is 0 Å². The highest BCUT2D eigenvalue weighted by molar-refractivity contribution is 7.25. The fraction of sp³-hybridized carbons (Fsp3) is 0. The molecule has 516 valence electrons. The number of aromatic nitrogens is 10. The summed E-state index contributed by atoms with van der Waals surface area (Å²) < 4.78 is 8.70. The summed E-state index contributed by atoms with van der Waals surface area (Å²) in [5.41, 5.74) is 20.7. The third kappa shape index (κ3) is 13.6. The summed E-state index contributed by atoms with van der Waals surface area (Å²) in [6, 6.07) is 128. The average Bonchev–Trinajstić information content (AvgIpc) is 1.53. The van der Waals surface area contributed by atoms with Gasteiger partial charge in [0.15, 0.2) is 46.6 Å². The Morgan fingerprint density at radius 2 is 0.418 bits per heavy atom. The minimum absolute atomic E-state index is 0.572. The first-order chi connectivity index (χ1) is 54.4. The van der Waals surface area contributed by atoms with Crippen LogP contribution in [0.1, 0.15) is 0 Å². The largest absolute Gasteiger partial charge is 0.456 e. The normalized spacial score (nSPS) is 11.3. The van der Waals surface area contributed by atoms with E-state index in [1.807, 2.05) is 170 Å². The molecule has 6 aromatic heterocycles. The number of hydrogen-bond acceptors (Lipinski definition) is 12. The molecular formula is C98H62N10OS. The highest BCUT2D eigenvalue weighted by Gasteiger charge is 2.20. The number of para-hydroxylation sites is 1. The molecule has 0 atom stereocenters. The standard InChI is InChI=1S/C49H31N5O.C49H31N5S/c2*1-4-14-32(15-5-1)42-31-43(33-16-6-2-7-17-33)51-47(50-42)37-22-12-20-35(28-37)36-21-13-23-38(29-36)48-52-46(34-18-8-3-9-19-34)53-49(54-48)39-26-27-41-40-24-10-11-25-44(40)55-45(41)30-39/h2*1-31H. The smallest absolute Gasteiger partial charge is 0.164 e. The van der Waals surface area contributed by atoms with Crippen LogP contribution in [-0.4, -0.2) is 49.8 Å². The first-order valence-electron chi connectivity index (χ1n) is 36.3. The molecule has 0 unspecified atom stereocenters. The molecule has 11 nitrogen and oxygen atoms in total. The number of hydrogen-bond donors (Lipinski definition) is 0. The molecule has 0 aliphatic rings. The molecule has 110 heavy (non-hydrogen) atoms. The van der Waals surface area contributed by atoms with Crippen molar-refractivity contribution in [3.05, 3.63) is 376 Å². The van der Waals surface area contributed by atoms with Gasteiger partial charge in [0.25, 0.3) is 0 Å². The molecule has 0 aliphatic heterocycles. The van der Waals surface area contributed by atoms with Gasteiger partial charge < -0.3 is 4.42 Å². The molecule has 14 aromatic carbocycles. The van der Waals surface area contributed by atoms with Gasteiger partial charge in [0.2, 0.25) is 0 Å². The van der Waals surface area contributed by atoms with Crippen LogP contribution < -0.4 is 0 Å². The van der Waals surface area contributed by atoms with Gasteiger partial charge in [0, 0.05) is 97.7 Å². The molecular weight excluding hydrogens is 1370 g/mol. The molecule has 20 aromatic rings. The van der Waals surface area contributed by atoms with Gasteiger partial charge in [-0.2, -0.15) is 0 Å². The van der Waals surface area contributed by atoms with E-state index in [0.29, 0.717) is 46.6 Å². The van der Waals surface area contributed by atoms with E-state index >= 15 is 0 Å². The zero-order valence-corrected chi connectivity index (χ0v) is 59.9. The van der Waals surface area contributed by atoms with Gasteiger partial charge in [-0.05, 0) is 89.0 Å². The Bertz CT molecular complexity index is 6260. The lowest BCUT2D eigenvalue weighted by atomic mass is 10.00. The summed E-state index contributed by atoms with van der Waals surface area (Å²) >= 11 is 1.79. The molecule has 12 heteroatoms. The number of furan rings is 1. The maximum absolute atomic E-state index is 6.23. The van der Waals surface area contributed by atoms with E-state index in [4.69, 9.17) is 54.3 Å². The van der Waals surface area contributed by atoms with E-state index in [-0.39, 0.29) is 0 Å². The maximum Gasteiger partial charge on any atom is 0.164 e. The molecule has 0 saturated carbocycles. The maximum atomic E-state index is 6.23. The highest BCUT2D eigenvalue weighted by atomic mass is 32.1. The average molecular weight is 1430 g/mol. The van der Waals surface area contributed by atoms with Crippen molar-refractivity contribution in [3.63, 3.8) is 0 Å². The lowest BCUT2D eigenvalue weighted by Crippen LogP contribution is -2.00. The summed E-state index contributed by atoms with van der Waals surface area (Å²) in [4.78, 5) is 50.4. The van der Waals surface area contributed by atoms with E-state index in [1.54, 1.807) is 11.3 Å². The van der Waals surface area contributed by atoms with E-state index in [2.05, 4.69) is 206 Å². The quantitative estimate of drug-likeness (QED) is 0.103. The SMILES string of the molecule is c1ccc(-c2cc(-c3ccccc3)nc(-c3cccc(-c4cccc(-c5nc(-c6ccccc6)nc(-c6ccc7c(c6)oc6ccccc67)n5)c4)c3)n2)cc1.c1ccc(-c2cc(-c3ccccc3)nc(-c3cccc(-c4cccc(-c5nc(-c6ccccc6)nc(-c6ccc7c(c6)sc6ccccc67)n5)c4)c3)n2)cc1. The monoisotopic (exact) mass is 1430 g/mol. The van der Waals surface area contributed by atoms with E-state index in [1.165, 1.54) is 20.2 Å². The zero-order chi connectivity index (χ0) is 73.1. The van der Waals surface area contributed by atoms with Crippen molar-refractivity contribution < 1.29 is 4.42 Å². The van der Waals surface area contributed by atoms with E-state index in [9.17, 15) is 0 Å². The summed E-state index contributed by atoms with van der Waals surface area (Å²) in [6.45, 7) is 0. The zero-order valence-electron chi connectivity index (χ0n) is 59.1. The summed E-state index contributed by atoms with van der Waals surface area (Å²) in [6.07, 6.45) is 0. The second kappa shape index (κ2) is 29.3. The van der Waals surface area contributed by atoms with E-state index in [0.717, 1.165) is 134 Å². The van der Waals surface area contributed by atoms with Crippen LogP contribution in [-0.2, 0) is 0 Å². The predicted molar refractivity (Wildman–Crippen MR) is 447 cm³/mol. The Balaban J connectivity index is 0.000000149. The number of benzene rings is 14. The van der Waals surface area contributed by atoms with Crippen molar-refractivity contribution in [1.82, 2.24) is 49.8 Å². The number of rotatable bonds is 14. The first-order valence-corrected chi connectivity index (χ1v) is 37.1. The molecule has 0 N–H and O–H groups in total. The molecule has 0 bridgehead atoms. The summed E-state index contributed by atoms with van der Waals surface area (Å²) in [5.74, 6) is 4.97. The molecule has 20 rings (SSSR count). The van der Waals surface area contributed by atoms with Crippen molar-refractivity contribution in [2.24, 2.45) is 0 Å². The predicted octanol–water partition coefficient (Wildman–Crippen LogP) is 24.9. The molecule has 0 aliphatic carbocycles. The van der Waals surface area contributed by atoms with Crippen LogP contribution in [0.5, 0.6) is 0 Å². The second-order valence-corrected chi connectivity index (χ2v) is 27.8. The Kier molecular flexibility index (Phi) is 17.6. The van der Waals surface area contributed by atoms with Crippen molar-refractivity contribution in [2.45, 2.75) is 0 Å². The Hall–Kier alpha value is -14.7. The number of nitrogens with zero attached hydrogens (tertiary/aromatic N) is 10. The van der Waals surface area contributed by atoms with Crippen molar-refractivity contribution >= 4 is 53.4 Å². The van der Waals surface area contributed by atoms with Crippen LogP contribution in [0.25, 0.3) is 200 Å². The number of fused-ring (bicyclic) bond motifs is 6. The van der Waals surface area contributed by atoms with Gasteiger partial charge in [-0.15, -0.1) is 11.3 Å². The van der Waals surface area contributed by atoms with Crippen LogP contribution in [0.3, 0.4) is 0 Å². The summed E-state index contributed by atoms with van der Waals surface area (Å²) in [5, 5.41) is 4.65. The molecule has 0 spiro atoms. The van der Waals surface area contributed by atoms with Crippen LogP contribution in [0.2, 0.25) is 0 Å². The minimum Gasteiger partial charge on any atom is -0.456 e. The molecule has 0 amide bonds. The molecule has 0 fully saturated rings. The Morgan fingerprint density at radius 3 is 0.809 bits per heavy atom. The van der Waals surface area contributed by atoms with Crippen LogP contribution in [0.4, 0.5) is 0 Å². The Morgan fingerprint density at radius 1 is 0.155 bits per heavy atom. The van der Waals surface area contributed by atoms with Gasteiger partial charge in [0.1, 0.15) is 11.2 Å². The molecule has 0 saturated heterocycles. The van der Waals surface area contributed by atoms with Crippen molar-refractivity contribution in [3.8, 4) is 158 Å². The third-order valence-electron chi connectivity index (χ3n) is 19.5. The molecule has 0 radical (unpaired) electrons. The van der Waals surface area contributed by atoms with Gasteiger partial charge in [0.05, 0.1) is 22.8 Å². The van der Waals surface area contributed by atoms with Crippen LogP contribution in [0.15, 0.2) is 381 Å². The fourth-order valence-corrected chi connectivity index (χ4v) is 15.1. The van der Waals surface area contributed by atoms with Crippen LogP contribution in [0, 0.1) is 0 Å². The van der Waals surface area contributed by atoms with Gasteiger partial charge in [-0.25, -0.2) is 49.8 Å². The van der Waals surface area contributed by atoms with Gasteiger partial charge >= 0.3 is 0 Å². The minimum atomic E-state index is 0.572. The second-order valence-electron chi connectivity index (χ2n) is 26.7. The van der Waals surface area contributed by atoms with E-state index < -0.39 is 0 Å². The highest BCUT2D eigenvalue weighted by Crippen LogP contribution is 2.40. The first kappa shape index (κ1) is 66.0. The molecule has 6 heterocycles. The van der Waals surface area contributed by atoms with Gasteiger partial charge in [-0.3, -0.25) is 0 Å². The fourth-order valence-electron chi connectivity index (χ4n) is 14.0.